The van der Waals surface area contributed by atoms with Gasteiger partial charge in [-0.25, -0.2) is 0 Å². The molecule has 1 atom stereocenters. The second kappa shape index (κ2) is 6.90. The van der Waals surface area contributed by atoms with Gasteiger partial charge in [-0.3, -0.25) is 9.59 Å². The van der Waals surface area contributed by atoms with Crippen molar-refractivity contribution in [2.24, 2.45) is 0 Å². The molecule has 0 fully saturated rings. The van der Waals surface area contributed by atoms with Crippen LogP contribution in [-0.2, 0) is 11.3 Å². The molecule has 3 heterocycles. The van der Waals surface area contributed by atoms with E-state index < -0.39 is 17.7 Å². The van der Waals surface area contributed by atoms with E-state index in [-0.39, 0.29) is 11.4 Å². The maximum Gasteiger partial charge on any atom is 0.290 e. The zero-order valence-corrected chi connectivity index (χ0v) is 15.3. The average molecular weight is 381 g/mol. The van der Waals surface area contributed by atoms with E-state index in [1.807, 2.05) is 53.2 Å². The van der Waals surface area contributed by atoms with Crippen LogP contribution in [0.5, 0.6) is 0 Å². The number of rotatable bonds is 5. The fourth-order valence-corrected chi connectivity index (χ4v) is 4.52. The van der Waals surface area contributed by atoms with Crippen molar-refractivity contribution >= 4 is 34.4 Å². The van der Waals surface area contributed by atoms with Crippen LogP contribution < -0.4 is 0 Å². The first-order valence-corrected chi connectivity index (χ1v) is 9.82. The maximum atomic E-state index is 13.0. The largest absolute Gasteiger partial charge is 0.503 e. The molecule has 130 valence electrons. The normalized spacial score (nSPS) is 17.2. The van der Waals surface area contributed by atoms with Crippen molar-refractivity contribution in [1.82, 2.24) is 4.90 Å². The van der Waals surface area contributed by atoms with E-state index in [9.17, 15) is 14.7 Å². The third kappa shape index (κ3) is 2.87. The summed E-state index contributed by atoms with van der Waals surface area (Å²) in [7, 11) is 0. The van der Waals surface area contributed by atoms with Gasteiger partial charge in [0.25, 0.3) is 5.91 Å². The van der Waals surface area contributed by atoms with Crippen LogP contribution in [0.4, 0.5) is 0 Å². The van der Waals surface area contributed by atoms with Crippen LogP contribution in [0.1, 0.15) is 26.2 Å². The van der Waals surface area contributed by atoms with Gasteiger partial charge in [0.1, 0.15) is 0 Å². The molecule has 4 rings (SSSR count). The molecule has 1 amide bonds. The Balaban J connectivity index is 1.80. The quantitative estimate of drug-likeness (QED) is 0.658. The zero-order chi connectivity index (χ0) is 18.1. The minimum absolute atomic E-state index is 0.153. The molecule has 1 aliphatic heterocycles. The van der Waals surface area contributed by atoms with E-state index in [1.54, 1.807) is 28.4 Å². The minimum atomic E-state index is -0.597. The highest BCUT2D eigenvalue weighted by Gasteiger charge is 2.43. The minimum Gasteiger partial charge on any atom is -0.503 e. The van der Waals surface area contributed by atoms with Crippen molar-refractivity contribution in [3.05, 3.63) is 92.0 Å². The summed E-state index contributed by atoms with van der Waals surface area (Å²) in [5, 5.41) is 14.3. The van der Waals surface area contributed by atoms with Crippen LogP contribution >= 0.6 is 22.7 Å². The third-order valence-corrected chi connectivity index (χ3v) is 6.04. The molecular weight excluding hydrogens is 366 g/mol. The molecule has 6 heteroatoms. The number of ketones is 1. The fraction of sp³-hybridized carbons (Fsp3) is 0.100. The number of aliphatic hydroxyl groups excluding tert-OH is 1. The number of carbonyl (C=O) groups excluding carboxylic acids is 2. The van der Waals surface area contributed by atoms with E-state index >= 15 is 0 Å². The Morgan fingerprint density at radius 3 is 2.38 bits per heavy atom. The summed E-state index contributed by atoms with van der Waals surface area (Å²) < 4.78 is 0. The van der Waals surface area contributed by atoms with Crippen LogP contribution in [0.2, 0.25) is 0 Å². The molecule has 1 aliphatic rings. The highest BCUT2D eigenvalue weighted by molar-refractivity contribution is 7.12. The third-order valence-electron chi connectivity index (χ3n) is 4.31. The number of nitrogens with zero attached hydrogens (tertiary/aromatic N) is 1. The van der Waals surface area contributed by atoms with Crippen molar-refractivity contribution in [2.75, 3.05) is 0 Å². The first kappa shape index (κ1) is 16.8. The fourth-order valence-electron chi connectivity index (χ4n) is 3.14. The number of hydrogen-bond acceptors (Lipinski definition) is 5. The second-order valence-corrected chi connectivity index (χ2v) is 7.87. The molecule has 26 heavy (non-hydrogen) atoms. The first-order valence-electron chi connectivity index (χ1n) is 8.06. The summed E-state index contributed by atoms with van der Waals surface area (Å²) in [4.78, 5) is 28.9. The van der Waals surface area contributed by atoms with E-state index in [0.717, 1.165) is 10.4 Å². The Hall–Kier alpha value is -2.70. The lowest BCUT2D eigenvalue weighted by Crippen LogP contribution is -2.30. The zero-order valence-electron chi connectivity index (χ0n) is 13.7. The van der Waals surface area contributed by atoms with Gasteiger partial charge in [0.2, 0.25) is 5.78 Å². The molecule has 0 radical (unpaired) electrons. The number of benzene rings is 1. The topological polar surface area (TPSA) is 57.6 Å². The lowest BCUT2D eigenvalue weighted by molar-refractivity contribution is -0.130. The number of aliphatic hydroxyl groups is 1. The molecule has 1 N–H and O–H groups in total. The molecular formula is C20H15NO3S2. The van der Waals surface area contributed by atoms with E-state index in [0.29, 0.717) is 11.4 Å². The average Bonchev–Trinajstić information content (AvgIpc) is 3.40. The van der Waals surface area contributed by atoms with Gasteiger partial charge in [-0.2, -0.15) is 0 Å². The van der Waals surface area contributed by atoms with E-state index in [4.69, 9.17) is 0 Å². The van der Waals surface area contributed by atoms with Gasteiger partial charge in [0.05, 0.1) is 23.0 Å². The van der Waals surface area contributed by atoms with Crippen LogP contribution in [0, 0.1) is 0 Å². The molecule has 0 spiro atoms. The SMILES string of the molecule is O=C(C1=C(O)C(=O)N(Cc2cccs2)C1c1ccccc1)c1cccs1. The molecule has 1 unspecified atom stereocenters. The van der Waals surface area contributed by atoms with Crippen molar-refractivity contribution < 1.29 is 14.7 Å². The number of carbonyl (C=O) groups is 2. The van der Waals surface area contributed by atoms with Gasteiger partial charge in [0.15, 0.2) is 5.76 Å². The Labute approximate surface area is 158 Å². The molecule has 3 aromatic rings. The van der Waals surface area contributed by atoms with Crippen LogP contribution in [0.15, 0.2) is 76.7 Å². The van der Waals surface area contributed by atoms with Gasteiger partial charge in [0, 0.05) is 4.88 Å². The van der Waals surface area contributed by atoms with Gasteiger partial charge in [-0.15, -0.1) is 22.7 Å². The second-order valence-electron chi connectivity index (χ2n) is 5.89. The Morgan fingerprint density at radius 2 is 1.73 bits per heavy atom. The molecule has 4 nitrogen and oxygen atoms in total. The van der Waals surface area contributed by atoms with Crippen molar-refractivity contribution in [3.8, 4) is 0 Å². The van der Waals surface area contributed by atoms with Gasteiger partial charge in [-0.1, -0.05) is 42.5 Å². The van der Waals surface area contributed by atoms with Crippen molar-refractivity contribution in [3.63, 3.8) is 0 Å². The summed E-state index contributed by atoms with van der Waals surface area (Å²) in [6.07, 6.45) is 0. The number of Topliss-reactive ketones (excluding diaryl/α,β-unsaturated/α-hetero) is 1. The highest BCUT2D eigenvalue weighted by atomic mass is 32.1. The highest BCUT2D eigenvalue weighted by Crippen LogP contribution is 2.40. The van der Waals surface area contributed by atoms with Crippen molar-refractivity contribution in [2.45, 2.75) is 12.6 Å². The molecule has 0 bridgehead atoms. The van der Waals surface area contributed by atoms with Gasteiger partial charge < -0.3 is 10.0 Å². The summed E-state index contributed by atoms with van der Waals surface area (Å²) in [5.41, 5.74) is 0.960. The lowest BCUT2D eigenvalue weighted by atomic mass is 9.95. The number of thiophene rings is 2. The van der Waals surface area contributed by atoms with E-state index in [1.165, 1.54) is 11.3 Å². The van der Waals surface area contributed by atoms with Gasteiger partial charge in [-0.05, 0) is 28.5 Å². The molecule has 0 saturated carbocycles. The monoisotopic (exact) mass is 381 g/mol. The smallest absolute Gasteiger partial charge is 0.290 e. The molecule has 2 aromatic heterocycles. The van der Waals surface area contributed by atoms with Crippen LogP contribution in [0.25, 0.3) is 0 Å². The maximum absolute atomic E-state index is 13.0. The van der Waals surface area contributed by atoms with Gasteiger partial charge >= 0.3 is 0 Å². The Kier molecular flexibility index (Phi) is 4.44. The number of hydrogen-bond donors (Lipinski definition) is 1. The van der Waals surface area contributed by atoms with E-state index in [2.05, 4.69) is 0 Å². The summed E-state index contributed by atoms with van der Waals surface area (Å²) in [6, 6.07) is 16.1. The predicted molar refractivity (Wildman–Crippen MR) is 102 cm³/mol. The predicted octanol–water partition coefficient (Wildman–Crippen LogP) is 4.59. The first-order chi connectivity index (χ1) is 12.7. The summed E-state index contributed by atoms with van der Waals surface area (Å²) in [5.74, 6) is -1.26. The van der Waals surface area contributed by atoms with Crippen LogP contribution in [0.3, 0.4) is 0 Å². The Morgan fingerprint density at radius 1 is 1.00 bits per heavy atom. The molecule has 0 aliphatic carbocycles. The van der Waals surface area contributed by atoms with Crippen molar-refractivity contribution in [1.29, 1.82) is 0 Å². The molecule has 1 aromatic carbocycles. The van der Waals surface area contributed by atoms with Crippen LogP contribution in [-0.4, -0.2) is 21.7 Å². The lowest BCUT2D eigenvalue weighted by Gasteiger charge is -2.26. The number of amides is 1. The summed E-state index contributed by atoms with van der Waals surface area (Å²) in [6.45, 7) is 0.349. The standard InChI is InChI=1S/C20H15NO3S2/c22-18(15-9-5-11-26-15)16-17(13-6-2-1-3-7-13)21(20(24)19(16)23)12-14-8-4-10-25-14/h1-11,17,23H,12H2. The Bertz CT molecular complexity index is 960. The summed E-state index contributed by atoms with van der Waals surface area (Å²) >= 11 is 2.84. The molecule has 0 saturated heterocycles.